The number of hydrogen-bond donors (Lipinski definition) is 3. The highest BCUT2D eigenvalue weighted by Gasteiger charge is 2.26. The van der Waals surface area contributed by atoms with Gasteiger partial charge in [0.05, 0.1) is 35.6 Å². The summed E-state index contributed by atoms with van der Waals surface area (Å²) in [5, 5.41) is 34.8. The molecule has 0 fully saturated rings. The fourth-order valence-corrected chi connectivity index (χ4v) is 6.41. The predicted molar refractivity (Wildman–Crippen MR) is 202 cm³/mol. The highest BCUT2D eigenvalue weighted by atomic mass is 32.2. The molecule has 0 atom stereocenters. The lowest BCUT2D eigenvalue weighted by Crippen LogP contribution is -2.28. The maximum atomic E-state index is 13.8. The van der Waals surface area contributed by atoms with Crippen LogP contribution in [-0.4, -0.2) is 97.9 Å². The molecule has 0 aliphatic carbocycles. The number of hydrogen-bond acceptors (Lipinski definition) is 13. The number of carboxylic acid groups (broad SMARTS) is 1. The van der Waals surface area contributed by atoms with E-state index in [0.29, 0.717) is 41.6 Å². The van der Waals surface area contributed by atoms with Gasteiger partial charge >= 0.3 is 11.9 Å². The van der Waals surface area contributed by atoms with Gasteiger partial charge in [0.1, 0.15) is 30.4 Å². The quantitative estimate of drug-likeness (QED) is 0.0475. The van der Waals surface area contributed by atoms with Crippen LogP contribution in [0.2, 0.25) is 0 Å². The summed E-state index contributed by atoms with van der Waals surface area (Å²) < 4.78 is 18.3. The normalized spacial score (nSPS) is 11.1. The maximum Gasteiger partial charge on any atom is 0.328 e. The van der Waals surface area contributed by atoms with E-state index in [2.05, 4.69) is 20.8 Å². The van der Waals surface area contributed by atoms with E-state index < -0.39 is 23.1 Å². The van der Waals surface area contributed by atoms with Gasteiger partial charge in [-0.15, -0.1) is 16.9 Å². The lowest BCUT2D eigenvalue weighted by Gasteiger charge is -2.24. The van der Waals surface area contributed by atoms with Crippen LogP contribution in [0.3, 0.4) is 0 Å². The van der Waals surface area contributed by atoms with E-state index in [9.17, 15) is 24.3 Å². The minimum atomic E-state index is -0.961. The molecular weight excluding hydrogens is 725 g/mol. The summed E-state index contributed by atoms with van der Waals surface area (Å²) in [5.74, 6) is -1.22. The van der Waals surface area contributed by atoms with Gasteiger partial charge in [-0.1, -0.05) is 42.0 Å². The van der Waals surface area contributed by atoms with Crippen LogP contribution in [-0.2, 0) is 20.9 Å². The molecule has 4 rings (SSSR count). The van der Waals surface area contributed by atoms with Crippen molar-refractivity contribution in [2.24, 2.45) is 0 Å². The van der Waals surface area contributed by atoms with Crippen molar-refractivity contribution in [3.63, 3.8) is 0 Å². The summed E-state index contributed by atoms with van der Waals surface area (Å²) in [4.78, 5) is 51.9. The second-order valence-electron chi connectivity index (χ2n) is 11.5. The first-order valence-corrected chi connectivity index (χ1v) is 18.7. The zero-order valence-corrected chi connectivity index (χ0v) is 31.5. The number of thioether (sulfide) groups is 2. The molecule has 0 aliphatic heterocycles. The molecule has 0 saturated heterocycles. The first-order valence-electron chi connectivity index (χ1n) is 16.8. The van der Waals surface area contributed by atoms with Crippen molar-refractivity contribution in [1.29, 1.82) is 0 Å². The number of allylic oxidation sites excluding steroid dienone is 1. The Morgan fingerprint density at radius 2 is 1.85 bits per heavy atom. The highest BCUT2D eigenvalue weighted by molar-refractivity contribution is 8.13. The lowest BCUT2D eigenvalue weighted by atomic mass is 10.0. The number of phenolic OH excluding ortho intramolecular Hbond substituents is 1. The van der Waals surface area contributed by atoms with Crippen molar-refractivity contribution < 1.29 is 43.6 Å². The van der Waals surface area contributed by atoms with Gasteiger partial charge in [-0.05, 0) is 68.3 Å². The van der Waals surface area contributed by atoms with Gasteiger partial charge in [0.25, 0.3) is 11.1 Å². The summed E-state index contributed by atoms with van der Waals surface area (Å²) in [6.07, 6.45) is 3.92. The summed E-state index contributed by atoms with van der Waals surface area (Å²) >= 11 is 1.85. The fourth-order valence-electron chi connectivity index (χ4n) is 5.11. The molecule has 2 amide bonds. The zero-order chi connectivity index (χ0) is 38.3. The average Bonchev–Trinajstić information content (AvgIpc) is 3.55. The Morgan fingerprint density at radius 3 is 2.58 bits per heavy atom. The van der Waals surface area contributed by atoms with Gasteiger partial charge in [0.15, 0.2) is 0 Å². The van der Waals surface area contributed by atoms with Gasteiger partial charge in [-0.3, -0.25) is 19.2 Å². The van der Waals surface area contributed by atoms with Crippen molar-refractivity contribution in [3.05, 3.63) is 71.3 Å². The minimum absolute atomic E-state index is 0.0395. The van der Waals surface area contributed by atoms with E-state index in [1.165, 1.54) is 11.0 Å². The number of carbonyl (C=O) groups excluding carboxylic acids is 3. The third-order valence-electron chi connectivity index (χ3n) is 7.58. The number of amides is 2. The number of rotatable bonds is 19. The summed E-state index contributed by atoms with van der Waals surface area (Å²) in [6.45, 7) is 8.21. The van der Waals surface area contributed by atoms with Gasteiger partial charge in [0.2, 0.25) is 5.16 Å². The fraction of sp³-hybridized carbons (Fsp3) is 0.361. The van der Waals surface area contributed by atoms with Gasteiger partial charge in [0, 0.05) is 36.0 Å². The van der Waals surface area contributed by atoms with Crippen molar-refractivity contribution in [2.75, 3.05) is 49.3 Å². The number of aliphatic carboxylic acids is 1. The molecule has 3 N–H and O–H groups in total. The van der Waals surface area contributed by atoms with Crippen LogP contribution in [0.15, 0.2) is 59.8 Å². The first-order chi connectivity index (χ1) is 25.5. The number of nitrogens with one attached hydrogen (secondary N) is 1. The van der Waals surface area contributed by atoms with E-state index in [1.807, 2.05) is 32.0 Å². The Kier molecular flexibility index (Phi) is 15.3. The summed E-state index contributed by atoms with van der Waals surface area (Å²) in [5.41, 5.74) is 2.48. The Hall–Kier alpha value is -5.29. The van der Waals surface area contributed by atoms with Crippen LogP contribution < -0.4 is 19.7 Å². The van der Waals surface area contributed by atoms with Crippen LogP contribution in [0.1, 0.15) is 41.8 Å². The molecule has 15 nitrogen and oxygen atoms in total. The van der Waals surface area contributed by atoms with E-state index >= 15 is 0 Å². The maximum absolute atomic E-state index is 13.8. The number of carbonyl (C=O) groups is 4. The average molecular weight is 767 g/mol. The van der Waals surface area contributed by atoms with Crippen molar-refractivity contribution in [1.82, 2.24) is 25.5 Å². The van der Waals surface area contributed by atoms with Crippen LogP contribution in [0.5, 0.6) is 17.2 Å². The number of aromatic nitrogens is 4. The first kappa shape index (κ1) is 40.5. The molecule has 0 radical (unpaired) electrons. The number of aryl methyl sites for hydroxylation is 2. The number of phenols is 1. The Balaban J connectivity index is 1.57. The Labute approximate surface area is 315 Å². The molecule has 3 aromatic carbocycles. The van der Waals surface area contributed by atoms with E-state index in [-0.39, 0.29) is 66.2 Å². The number of esters is 1. The topological polar surface area (TPSA) is 195 Å². The molecule has 0 spiro atoms. The number of fused-ring (bicyclic) bond motifs is 1. The SMILES string of the molecule is C/C=C\COC(=O)Cn1nnnc1SC(=O)N(CC)c1cccc2c(O)c(C(=O)NCCCOc3ccc(C)cc3C)cc(OCCSCC(=O)O)c12. The summed E-state index contributed by atoms with van der Waals surface area (Å²) in [6, 6.07) is 12.2. The van der Waals surface area contributed by atoms with Crippen LogP contribution in [0.4, 0.5) is 10.5 Å². The Morgan fingerprint density at radius 1 is 1.06 bits per heavy atom. The molecule has 4 aromatic rings. The predicted octanol–water partition coefficient (Wildman–Crippen LogP) is 5.40. The van der Waals surface area contributed by atoms with E-state index in [4.69, 9.17) is 19.3 Å². The number of nitrogens with zero attached hydrogens (tertiary/aromatic N) is 5. The minimum Gasteiger partial charge on any atom is -0.506 e. The highest BCUT2D eigenvalue weighted by Crippen LogP contribution is 2.42. The molecular formula is C36H42N6O9S2. The number of ether oxygens (including phenoxy) is 3. The Bertz CT molecular complexity index is 1950. The van der Waals surface area contributed by atoms with Crippen molar-refractivity contribution in [2.45, 2.75) is 45.8 Å². The van der Waals surface area contributed by atoms with Crippen LogP contribution >= 0.6 is 23.5 Å². The molecule has 17 heteroatoms. The van der Waals surface area contributed by atoms with E-state index in [0.717, 1.165) is 33.3 Å². The molecule has 1 heterocycles. The second-order valence-corrected chi connectivity index (χ2v) is 13.5. The molecule has 53 heavy (non-hydrogen) atoms. The van der Waals surface area contributed by atoms with Crippen molar-refractivity contribution >= 4 is 63.1 Å². The number of benzene rings is 3. The molecule has 0 aliphatic rings. The summed E-state index contributed by atoms with van der Waals surface area (Å²) in [7, 11) is 0. The third-order valence-corrected chi connectivity index (χ3v) is 9.36. The smallest absolute Gasteiger partial charge is 0.328 e. The number of tetrazole rings is 1. The molecule has 0 bridgehead atoms. The largest absolute Gasteiger partial charge is 0.506 e. The standard InChI is InChI=1S/C36H42N6O9S2/c1-5-7-15-51-31(45)21-42-35(38-39-40-42)53-36(48)41(6-2)27-11-8-10-25-32(27)29(50-17-18-52-22-30(43)44)20-26(33(25)46)34(47)37-14-9-16-49-28-13-12-23(3)19-24(28)4/h5,7-8,10-13,19-20,46H,6,9,14-18,21-22H2,1-4H3,(H,37,47)(H,43,44)/b7-5-. The zero-order valence-electron chi connectivity index (χ0n) is 29.9. The third kappa shape index (κ3) is 11.3. The second kappa shape index (κ2) is 20.1. The molecule has 0 saturated carbocycles. The van der Waals surface area contributed by atoms with E-state index in [1.54, 1.807) is 44.2 Å². The van der Waals surface area contributed by atoms with Gasteiger partial charge in [-0.2, -0.15) is 0 Å². The molecule has 1 aromatic heterocycles. The number of anilines is 1. The number of carboxylic acids is 1. The van der Waals surface area contributed by atoms with Crippen molar-refractivity contribution in [3.8, 4) is 17.2 Å². The molecule has 0 unspecified atom stereocenters. The lowest BCUT2D eigenvalue weighted by molar-refractivity contribution is -0.143. The van der Waals surface area contributed by atoms with Crippen LogP contribution in [0, 0.1) is 13.8 Å². The monoisotopic (exact) mass is 766 g/mol. The van der Waals surface area contributed by atoms with Gasteiger partial charge in [-0.25, -0.2) is 4.68 Å². The van der Waals surface area contributed by atoms with Crippen LogP contribution in [0.25, 0.3) is 10.8 Å². The van der Waals surface area contributed by atoms with Gasteiger partial charge < -0.3 is 34.6 Å². The number of aromatic hydroxyl groups is 1. The molecule has 282 valence electrons.